The second-order valence-corrected chi connectivity index (χ2v) is 5.70. The number of carbonyl (C=O) groups is 1. The van der Waals surface area contributed by atoms with Crippen molar-refractivity contribution in [3.8, 4) is 0 Å². The zero-order valence-electron chi connectivity index (χ0n) is 13.9. The molecule has 1 unspecified atom stereocenters. The van der Waals surface area contributed by atoms with Crippen LogP contribution >= 0.6 is 0 Å². The van der Waals surface area contributed by atoms with Crippen LogP contribution in [0.3, 0.4) is 0 Å². The van der Waals surface area contributed by atoms with Gasteiger partial charge < -0.3 is 9.47 Å². The van der Waals surface area contributed by atoms with Crippen LogP contribution in [0.4, 0.5) is 0 Å². The lowest BCUT2D eigenvalue weighted by molar-refractivity contribution is 0.0717. The molecule has 2 aromatic heterocycles. The minimum Gasteiger partial charge on any atom is -0.334 e. The first-order valence-electron chi connectivity index (χ1n) is 7.89. The predicted octanol–water partition coefficient (Wildman–Crippen LogP) is 2.78. The van der Waals surface area contributed by atoms with Gasteiger partial charge in [0.05, 0.1) is 6.04 Å². The van der Waals surface area contributed by atoms with Gasteiger partial charge in [-0.1, -0.05) is 25.8 Å². The highest BCUT2D eigenvalue weighted by Crippen LogP contribution is 2.25. The average Bonchev–Trinajstić information content (AvgIpc) is 2.58. The molecule has 0 spiro atoms. The molecule has 1 amide bonds. The van der Waals surface area contributed by atoms with Crippen LogP contribution in [-0.4, -0.2) is 27.4 Å². The van der Waals surface area contributed by atoms with Gasteiger partial charge in [-0.05, 0) is 30.2 Å². The molecule has 2 aromatic rings. The van der Waals surface area contributed by atoms with Crippen molar-refractivity contribution in [3.05, 3.63) is 64.3 Å². The molecule has 122 valence electrons. The molecule has 0 N–H and O–H groups in total. The molecule has 0 aliphatic carbocycles. The van der Waals surface area contributed by atoms with Gasteiger partial charge in [0.15, 0.2) is 0 Å². The number of carbonyl (C=O) groups excluding carboxylic acids is 1. The topological polar surface area (TPSA) is 55.2 Å². The van der Waals surface area contributed by atoms with Gasteiger partial charge in [-0.3, -0.25) is 14.6 Å². The summed E-state index contributed by atoms with van der Waals surface area (Å²) >= 11 is 0. The summed E-state index contributed by atoms with van der Waals surface area (Å²) in [5.41, 5.74) is 0.914. The third-order valence-corrected chi connectivity index (χ3v) is 4.04. The van der Waals surface area contributed by atoms with Gasteiger partial charge in [0.25, 0.3) is 11.5 Å². The number of nitrogens with zero attached hydrogens (tertiary/aromatic N) is 3. The quantitative estimate of drug-likeness (QED) is 0.824. The molecule has 0 bridgehead atoms. The van der Waals surface area contributed by atoms with Gasteiger partial charge in [-0.2, -0.15) is 0 Å². The number of hydrogen-bond acceptors (Lipinski definition) is 3. The zero-order valence-corrected chi connectivity index (χ0v) is 13.9. The van der Waals surface area contributed by atoms with E-state index >= 15 is 0 Å². The summed E-state index contributed by atoms with van der Waals surface area (Å²) in [4.78, 5) is 30.8. The number of aryl methyl sites for hydroxylation is 1. The van der Waals surface area contributed by atoms with Crippen molar-refractivity contribution in [3.63, 3.8) is 0 Å². The number of rotatable bonds is 6. The summed E-state index contributed by atoms with van der Waals surface area (Å²) in [6.45, 7) is 2.12. The Morgan fingerprint density at radius 3 is 2.78 bits per heavy atom. The number of unbranched alkanes of at least 4 members (excludes halogenated alkanes) is 1. The van der Waals surface area contributed by atoms with E-state index in [1.54, 1.807) is 49.7 Å². The second-order valence-electron chi connectivity index (χ2n) is 5.70. The summed E-state index contributed by atoms with van der Waals surface area (Å²) in [5.74, 6) is -0.254. The fourth-order valence-corrected chi connectivity index (χ4v) is 2.65. The molecule has 0 aromatic carbocycles. The summed E-state index contributed by atoms with van der Waals surface area (Å²) in [6.07, 6.45) is 8.05. The van der Waals surface area contributed by atoms with Crippen LogP contribution in [0.15, 0.2) is 47.7 Å². The number of aromatic nitrogens is 2. The van der Waals surface area contributed by atoms with Crippen molar-refractivity contribution in [2.24, 2.45) is 7.05 Å². The molecule has 1 atom stereocenters. The van der Waals surface area contributed by atoms with Crippen LogP contribution in [0.25, 0.3) is 0 Å². The molecule has 0 aliphatic rings. The van der Waals surface area contributed by atoms with E-state index in [0.29, 0.717) is 0 Å². The maximum absolute atomic E-state index is 12.8. The van der Waals surface area contributed by atoms with Crippen molar-refractivity contribution >= 4 is 5.91 Å². The normalized spacial score (nSPS) is 12.0. The molecule has 5 heteroatoms. The van der Waals surface area contributed by atoms with Crippen LogP contribution in [0.2, 0.25) is 0 Å². The van der Waals surface area contributed by atoms with Crippen LogP contribution in [0.5, 0.6) is 0 Å². The lowest BCUT2D eigenvalue weighted by Gasteiger charge is -2.28. The smallest absolute Gasteiger partial charge is 0.263 e. The van der Waals surface area contributed by atoms with Gasteiger partial charge >= 0.3 is 0 Å². The molecule has 5 nitrogen and oxygen atoms in total. The van der Waals surface area contributed by atoms with E-state index in [1.807, 2.05) is 12.1 Å². The van der Waals surface area contributed by atoms with Gasteiger partial charge in [-0.15, -0.1) is 0 Å². The van der Waals surface area contributed by atoms with Crippen LogP contribution in [0, 0.1) is 0 Å². The lowest BCUT2D eigenvalue weighted by atomic mass is 10.0. The molecule has 0 fully saturated rings. The summed E-state index contributed by atoms with van der Waals surface area (Å²) < 4.78 is 1.42. The van der Waals surface area contributed by atoms with E-state index in [9.17, 15) is 9.59 Å². The van der Waals surface area contributed by atoms with Crippen molar-refractivity contribution < 1.29 is 4.79 Å². The lowest BCUT2D eigenvalue weighted by Crippen LogP contribution is -2.36. The molecule has 0 radical (unpaired) electrons. The Morgan fingerprint density at radius 1 is 1.35 bits per heavy atom. The molecule has 2 rings (SSSR count). The summed E-state index contributed by atoms with van der Waals surface area (Å²) in [5, 5.41) is 0. The van der Waals surface area contributed by atoms with Crippen LogP contribution in [0.1, 0.15) is 48.1 Å². The van der Waals surface area contributed by atoms with Gasteiger partial charge in [0.1, 0.15) is 5.56 Å². The molecule has 0 saturated carbocycles. The first kappa shape index (κ1) is 16.9. The minimum atomic E-state index is -0.273. The molecule has 2 heterocycles. The first-order chi connectivity index (χ1) is 11.1. The van der Waals surface area contributed by atoms with Crippen molar-refractivity contribution in [1.29, 1.82) is 0 Å². The first-order valence-corrected chi connectivity index (χ1v) is 7.89. The Hall–Kier alpha value is -2.43. The maximum atomic E-state index is 12.8. The molecular formula is C18H23N3O2. The SMILES string of the molecule is CCCCC(c1cccnc1)N(C)C(=O)c1cccn(C)c1=O. The molecule has 23 heavy (non-hydrogen) atoms. The number of amides is 1. The van der Waals surface area contributed by atoms with Crippen molar-refractivity contribution in [1.82, 2.24) is 14.5 Å². The Balaban J connectivity index is 2.33. The minimum absolute atomic E-state index is 0.0823. The number of hydrogen-bond donors (Lipinski definition) is 0. The predicted molar refractivity (Wildman–Crippen MR) is 90.3 cm³/mol. The van der Waals surface area contributed by atoms with Crippen LogP contribution in [-0.2, 0) is 7.05 Å². The third kappa shape index (κ3) is 3.86. The van der Waals surface area contributed by atoms with Gasteiger partial charge in [-0.25, -0.2) is 0 Å². The highest BCUT2D eigenvalue weighted by molar-refractivity contribution is 5.93. The Kier molecular flexibility index (Phi) is 5.68. The molecule has 0 saturated heterocycles. The van der Waals surface area contributed by atoms with E-state index < -0.39 is 0 Å². The van der Waals surface area contributed by atoms with E-state index in [1.165, 1.54) is 4.57 Å². The fraction of sp³-hybridized carbons (Fsp3) is 0.389. The maximum Gasteiger partial charge on any atom is 0.263 e. The number of pyridine rings is 2. The summed E-state index contributed by atoms with van der Waals surface area (Å²) in [6, 6.07) is 7.06. The third-order valence-electron chi connectivity index (χ3n) is 4.04. The van der Waals surface area contributed by atoms with Gasteiger partial charge in [0.2, 0.25) is 0 Å². The summed E-state index contributed by atoms with van der Waals surface area (Å²) in [7, 11) is 3.40. The zero-order chi connectivity index (χ0) is 16.8. The highest BCUT2D eigenvalue weighted by atomic mass is 16.2. The van der Waals surface area contributed by atoms with Crippen molar-refractivity contribution in [2.45, 2.75) is 32.2 Å². The van der Waals surface area contributed by atoms with E-state index in [-0.39, 0.29) is 23.1 Å². The molecular weight excluding hydrogens is 290 g/mol. The fourth-order valence-electron chi connectivity index (χ4n) is 2.65. The van der Waals surface area contributed by atoms with Gasteiger partial charge in [0, 0.05) is 32.7 Å². The van der Waals surface area contributed by atoms with Crippen molar-refractivity contribution in [2.75, 3.05) is 7.05 Å². The Bertz CT molecular complexity index is 710. The monoisotopic (exact) mass is 313 g/mol. The largest absolute Gasteiger partial charge is 0.334 e. The molecule has 0 aliphatic heterocycles. The van der Waals surface area contributed by atoms with Crippen LogP contribution < -0.4 is 5.56 Å². The highest BCUT2D eigenvalue weighted by Gasteiger charge is 2.24. The standard InChI is InChI=1S/C18H23N3O2/c1-4-5-10-16(14-8-6-11-19-13-14)21(3)18(23)15-9-7-12-20(2)17(15)22/h6-9,11-13,16H,4-5,10H2,1-3H3. The van der Waals surface area contributed by atoms with E-state index in [4.69, 9.17) is 0 Å². The van der Waals surface area contributed by atoms with E-state index in [0.717, 1.165) is 24.8 Å². The Labute approximate surface area is 136 Å². The second kappa shape index (κ2) is 7.72. The Morgan fingerprint density at radius 2 is 2.13 bits per heavy atom. The average molecular weight is 313 g/mol. The van der Waals surface area contributed by atoms with E-state index in [2.05, 4.69) is 11.9 Å².